The third-order valence-electron chi connectivity index (χ3n) is 6.36. The van der Waals surface area contributed by atoms with E-state index in [0.717, 1.165) is 34.6 Å². The monoisotopic (exact) mass is 547 g/mol. The van der Waals surface area contributed by atoms with E-state index in [-0.39, 0.29) is 17.6 Å². The number of nitrogens with one attached hydrogen (secondary N) is 2. The van der Waals surface area contributed by atoms with E-state index in [9.17, 15) is 18.3 Å². The molecule has 1 aliphatic heterocycles. The molecule has 2 aromatic carbocycles. The number of pyridine rings is 1. The summed E-state index contributed by atoms with van der Waals surface area (Å²) in [5.41, 5.74) is 4.75. The number of carboxylic acid groups (broad SMARTS) is 1. The Labute approximate surface area is 225 Å². The van der Waals surface area contributed by atoms with E-state index in [2.05, 4.69) is 15.0 Å². The highest BCUT2D eigenvalue weighted by atomic mass is 32.2. The van der Waals surface area contributed by atoms with Crippen LogP contribution in [0.25, 0.3) is 5.69 Å². The van der Waals surface area contributed by atoms with Crippen molar-refractivity contribution in [3.8, 4) is 5.69 Å². The summed E-state index contributed by atoms with van der Waals surface area (Å²) in [5.74, 6) is -0.986. The Hall–Kier alpha value is -4.22. The maximum atomic E-state index is 11.8. The van der Waals surface area contributed by atoms with Crippen LogP contribution in [0.2, 0.25) is 0 Å². The maximum absolute atomic E-state index is 11.8. The second-order valence-electron chi connectivity index (χ2n) is 9.03. The van der Waals surface area contributed by atoms with Gasteiger partial charge in [0.25, 0.3) is 0 Å². The molecule has 5 rings (SSSR count). The average Bonchev–Trinajstić information content (AvgIpc) is 3.49. The van der Waals surface area contributed by atoms with Gasteiger partial charge >= 0.3 is 5.97 Å². The second kappa shape index (κ2) is 9.92. The number of aryl methyl sites for hydroxylation is 1. The summed E-state index contributed by atoms with van der Waals surface area (Å²) >= 11 is 5.82. The van der Waals surface area contributed by atoms with Crippen LogP contribution in [0.15, 0.2) is 85.2 Å². The Bertz CT molecular complexity index is 1620. The molecule has 0 unspecified atom stereocenters. The topological polar surface area (TPSA) is 117 Å². The van der Waals surface area contributed by atoms with Gasteiger partial charge in [-0.1, -0.05) is 6.07 Å². The summed E-state index contributed by atoms with van der Waals surface area (Å²) in [6.45, 7) is 1.83. The van der Waals surface area contributed by atoms with Crippen LogP contribution >= 0.6 is 12.2 Å². The molecule has 194 valence electrons. The standard InChI is InChI=1S/C27H25N5O4S2/c1-17-16-20(12-13-21(17)30-38(2,35)36)32-25(24(29-27(32)37)22-6-3-4-14-28-22)23-7-5-15-31(23)19-10-8-18(9-11-19)26(33)34/h3-16,24-25,30H,1-2H3,(H,29,37)(H,33,34)/t24-,25+/m1/s1. The third kappa shape index (κ3) is 4.98. The van der Waals surface area contributed by atoms with E-state index >= 15 is 0 Å². The van der Waals surface area contributed by atoms with Crippen LogP contribution in [0.1, 0.15) is 39.4 Å². The molecule has 1 saturated heterocycles. The van der Waals surface area contributed by atoms with Gasteiger partial charge in [-0.3, -0.25) is 9.71 Å². The van der Waals surface area contributed by atoms with Crippen molar-refractivity contribution in [2.24, 2.45) is 0 Å². The molecule has 0 spiro atoms. The molecule has 2 atom stereocenters. The molecule has 0 aliphatic carbocycles. The lowest BCUT2D eigenvalue weighted by Crippen LogP contribution is -2.30. The number of aromatic nitrogens is 2. The Kier molecular flexibility index (Phi) is 6.64. The molecule has 4 aromatic rings. The van der Waals surface area contributed by atoms with Crippen molar-refractivity contribution in [2.75, 3.05) is 15.9 Å². The first-order chi connectivity index (χ1) is 18.1. The highest BCUT2D eigenvalue weighted by Gasteiger charge is 2.42. The molecule has 0 bridgehead atoms. The molecule has 0 amide bonds. The molecule has 2 aromatic heterocycles. The van der Waals surface area contributed by atoms with Crippen LogP contribution in [-0.4, -0.2) is 40.4 Å². The second-order valence-corrected chi connectivity index (χ2v) is 11.2. The lowest BCUT2D eigenvalue weighted by molar-refractivity contribution is 0.0697. The van der Waals surface area contributed by atoms with Crippen LogP contribution in [0.5, 0.6) is 0 Å². The van der Waals surface area contributed by atoms with E-state index in [1.807, 2.05) is 65.1 Å². The van der Waals surface area contributed by atoms with Crippen LogP contribution < -0.4 is 14.9 Å². The smallest absolute Gasteiger partial charge is 0.335 e. The quantitative estimate of drug-likeness (QED) is 0.291. The van der Waals surface area contributed by atoms with Gasteiger partial charge in [0.2, 0.25) is 10.0 Å². The zero-order chi connectivity index (χ0) is 27.0. The summed E-state index contributed by atoms with van der Waals surface area (Å²) in [5, 5.41) is 13.2. The van der Waals surface area contributed by atoms with E-state index in [1.165, 1.54) is 0 Å². The van der Waals surface area contributed by atoms with Gasteiger partial charge in [-0.2, -0.15) is 0 Å². The SMILES string of the molecule is Cc1cc(N2C(=S)N[C@H](c3ccccn3)[C@@H]2c2cccn2-c2ccc(C(=O)O)cc2)ccc1NS(C)(=O)=O. The predicted octanol–water partition coefficient (Wildman–Crippen LogP) is 4.43. The first-order valence-corrected chi connectivity index (χ1v) is 14.0. The minimum Gasteiger partial charge on any atom is -0.478 e. The fourth-order valence-corrected chi connectivity index (χ4v) is 5.65. The summed E-state index contributed by atoms with van der Waals surface area (Å²) in [6.07, 6.45) is 4.77. The normalized spacial score (nSPS) is 17.3. The molecule has 0 saturated carbocycles. The van der Waals surface area contributed by atoms with Crippen molar-refractivity contribution >= 4 is 44.7 Å². The summed E-state index contributed by atoms with van der Waals surface area (Å²) in [4.78, 5) is 18.0. The zero-order valence-corrected chi connectivity index (χ0v) is 22.2. The van der Waals surface area contributed by atoms with Gasteiger partial charge in [0, 0.05) is 29.5 Å². The highest BCUT2D eigenvalue weighted by Crippen LogP contribution is 2.43. The number of carboxylic acids is 1. The Morgan fingerprint density at radius 2 is 1.79 bits per heavy atom. The molecular formula is C27H25N5O4S2. The van der Waals surface area contributed by atoms with Gasteiger partial charge in [0.05, 0.1) is 29.2 Å². The number of nitrogens with zero attached hydrogens (tertiary/aromatic N) is 3. The molecule has 11 heteroatoms. The van der Waals surface area contributed by atoms with Crippen molar-refractivity contribution in [1.29, 1.82) is 0 Å². The Morgan fingerprint density at radius 1 is 1.05 bits per heavy atom. The average molecular weight is 548 g/mol. The van der Waals surface area contributed by atoms with Crippen LogP contribution in [0.4, 0.5) is 11.4 Å². The van der Waals surface area contributed by atoms with Crippen molar-refractivity contribution in [1.82, 2.24) is 14.9 Å². The Morgan fingerprint density at radius 3 is 2.42 bits per heavy atom. The van der Waals surface area contributed by atoms with Crippen molar-refractivity contribution in [3.05, 3.63) is 108 Å². The van der Waals surface area contributed by atoms with E-state index in [1.54, 1.807) is 36.5 Å². The largest absolute Gasteiger partial charge is 0.478 e. The first kappa shape index (κ1) is 25.4. The number of anilines is 2. The van der Waals surface area contributed by atoms with Gasteiger partial charge in [-0.05, 0) is 91.4 Å². The van der Waals surface area contributed by atoms with Crippen LogP contribution in [0, 0.1) is 6.92 Å². The van der Waals surface area contributed by atoms with Gasteiger partial charge in [0.15, 0.2) is 5.11 Å². The van der Waals surface area contributed by atoms with Gasteiger partial charge in [0.1, 0.15) is 6.04 Å². The number of rotatable bonds is 7. The van der Waals surface area contributed by atoms with E-state index in [4.69, 9.17) is 12.2 Å². The lowest BCUT2D eigenvalue weighted by atomic mass is 10.00. The molecule has 9 nitrogen and oxygen atoms in total. The maximum Gasteiger partial charge on any atom is 0.335 e. The molecule has 3 heterocycles. The number of thiocarbonyl (C=S) groups is 1. The minimum absolute atomic E-state index is 0.206. The van der Waals surface area contributed by atoms with Gasteiger partial charge in [-0.15, -0.1) is 0 Å². The van der Waals surface area contributed by atoms with Gasteiger partial charge < -0.3 is 19.9 Å². The Balaban J connectivity index is 1.62. The van der Waals surface area contributed by atoms with Crippen LogP contribution in [0.3, 0.4) is 0 Å². The van der Waals surface area contributed by atoms with E-state index < -0.39 is 16.0 Å². The molecule has 0 radical (unpaired) electrons. The zero-order valence-electron chi connectivity index (χ0n) is 20.6. The van der Waals surface area contributed by atoms with Crippen molar-refractivity contribution in [2.45, 2.75) is 19.0 Å². The summed E-state index contributed by atoms with van der Waals surface area (Å²) < 4.78 is 28.1. The number of hydrogen-bond donors (Lipinski definition) is 3. The number of sulfonamides is 1. The predicted molar refractivity (Wildman–Crippen MR) is 150 cm³/mol. The number of carbonyl (C=O) groups is 1. The molecular weight excluding hydrogens is 522 g/mol. The van der Waals surface area contributed by atoms with E-state index in [0.29, 0.717) is 10.8 Å². The first-order valence-electron chi connectivity index (χ1n) is 11.7. The molecule has 1 aliphatic rings. The molecule has 38 heavy (non-hydrogen) atoms. The highest BCUT2D eigenvalue weighted by molar-refractivity contribution is 7.92. The van der Waals surface area contributed by atoms with Crippen LogP contribution in [-0.2, 0) is 10.0 Å². The number of aromatic carboxylic acids is 1. The number of benzene rings is 2. The number of hydrogen-bond acceptors (Lipinski definition) is 5. The molecule has 3 N–H and O–H groups in total. The van der Waals surface area contributed by atoms with Gasteiger partial charge in [-0.25, -0.2) is 13.2 Å². The fourth-order valence-electron chi connectivity index (χ4n) is 4.68. The fraction of sp³-hybridized carbons (Fsp3) is 0.148. The minimum atomic E-state index is -3.43. The summed E-state index contributed by atoms with van der Waals surface area (Å²) in [6, 6.07) is 21.2. The van der Waals surface area contributed by atoms with Crippen molar-refractivity contribution in [3.63, 3.8) is 0 Å². The third-order valence-corrected chi connectivity index (χ3v) is 7.26. The summed E-state index contributed by atoms with van der Waals surface area (Å²) in [7, 11) is -3.43. The van der Waals surface area contributed by atoms with Crippen molar-refractivity contribution < 1.29 is 18.3 Å². The lowest BCUT2D eigenvalue weighted by Gasteiger charge is -2.29. The molecule has 1 fully saturated rings.